The number of ether oxygens (including phenoxy) is 1. The quantitative estimate of drug-likeness (QED) is 0.915. The van der Waals surface area contributed by atoms with E-state index in [1.807, 2.05) is 0 Å². The van der Waals surface area contributed by atoms with Gasteiger partial charge in [-0.05, 0) is 30.7 Å². The van der Waals surface area contributed by atoms with Crippen molar-refractivity contribution >= 4 is 17.5 Å². The zero-order chi connectivity index (χ0) is 17.5. The molecule has 0 radical (unpaired) electrons. The molecular formula is C17H16FN3O3. The van der Waals surface area contributed by atoms with E-state index in [-0.39, 0.29) is 6.54 Å². The molecule has 2 heterocycles. The molecule has 0 saturated carbocycles. The van der Waals surface area contributed by atoms with Crippen molar-refractivity contribution in [3.63, 3.8) is 0 Å². The van der Waals surface area contributed by atoms with E-state index in [0.717, 1.165) is 0 Å². The number of halogens is 1. The molecule has 0 unspecified atom stereocenters. The third-order valence-corrected chi connectivity index (χ3v) is 4.18. The fraction of sp³-hybridized carbons (Fsp3) is 0.235. The highest BCUT2D eigenvalue weighted by molar-refractivity contribution is 6.11. The fourth-order valence-corrected chi connectivity index (χ4v) is 3.19. The maximum absolute atomic E-state index is 13.3. The Morgan fingerprint density at radius 1 is 1.33 bits per heavy atom. The van der Waals surface area contributed by atoms with Gasteiger partial charge in [-0.15, -0.1) is 0 Å². The summed E-state index contributed by atoms with van der Waals surface area (Å²) in [6, 6.07) is 7.12. The summed E-state index contributed by atoms with van der Waals surface area (Å²) in [6.45, 7) is 1.47. The molecule has 24 heavy (non-hydrogen) atoms. The smallest absolute Gasteiger partial charge is 0.269 e. The van der Waals surface area contributed by atoms with E-state index in [1.54, 1.807) is 19.2 Å². The van der Waals surface area contributed by atoms with Gasteiger partial charge in [0, 0.05) is 24.6 Å². The van der Waals surface area contributed by atoms with E-state index in [4.69, 9.17) is 10.5 Å². The topological polar surface area (TPSA) is 85.5 Å². The maximum Gasteiger partial charge on any atom is 0.269 e. The Balaban J connectivity index is 2.29. The summed E-state index contributed by atoms with van der Waals surface area (Å²) in [5, 5.41) is 0. The van der Waals surface area contributed by atoms with E-state index in [1.165, 1.54) is 36.3 Å². The number of hydrogen-bond donors (Lipinski definition) is 1. The lowest BCUT2D eigenvalue weighted by Gasteiger charge is -2.28. The van der Waals surface area contributed by atoms with Crippen LogP contribution in [-0.4, -0.2) is 30.5 Å². The first-order valence-electron chi connectivity index (χ1n) is 7.29. The lowest BCUT2D eigenvalue weighted by atomic mass is 9.86. The number of aryl methyl sites for hydroxylation is 1. The van der Waals surface area contributed by atoms with Crippen LogP contribution in [0, 0.1) is 12.7 Å². The second-order valence-electron chi connectivity index (χ2n) is 5.54. The molecule has 2 amide bonds. The van der Waals surface area contributed by atoms with Crippen LogP contribution in [0.1, 0.15) is 16.8 Å². The number of nitrogens with two attached hydrogens (primary N) is 1. The molecule has 7 heteroatoms. The largest absolute Gasteiger partial charge is 0.368 e. The fourth-order valence-electron chi connectivity index (χ4n) is 3.19. The molecule has 0 aliphatic carbocycles. The molecule has 0 saturated heterocycles. The molecule has 0 bridgehead atoms. The minimum Gasteiger partial charge on any atom is -0.368 e. The Hall–Kier alpha value is -2.80. The summed E-state index contributed by atoms with van der Waals surface area (Å²) in [6.07, 6.45) is 1.55. The van der Waals surface area contributed by atoms with Gasteiger partial charge in [0.15, 0.2) is 0 Å². The molecule has 0 fully saturated rings. The highest BCUT2D eigenvalue weighted by atomic mass is 19.1. The van der Waals surface area contributed by atoms with Crippen molar-refractivity contribution in [2.24, 2.45) is 5.73 Å². The Labute approximate surface area is 138 Å². The van der Waals surface area contributed by atoms with Crippen LogP contribution in [-0.2, 0) is 19.9 Å². The molecule has 1 aliphatic rings. The zero-order valence-corrected chi connectivity index (χ0v) is 13.2. The first-order chi connectivity index (χ1) is 11.4. The van der Waals surface area contributed by atoms with Crippen molar-refractivity contribution in [2.45, 2.75) is 12.5 Å². The molecule has 0 spiro atoms. The lowest BCUT2D eigenvalue weighted by Crippen LogP contribution is -2.45. The number of benzene rings is 1. The highest BCUT2D eigenvalue weighted by Crippen LogP contribution is 2.47. The first kappa shape index (κ1) is 16.1. The Kier molecular flexibility index (Phi) is 3.81. The number of primary amides is 1. The average molecular weight is 329 g/mol. The summed E-state index contributed by atoms with van der Waals surface area (Å²) in [7, 11) is 1.39. The summed E-state index contributed by atoms with van der Waals surface area (Å²) in [5.41, 5.74) is 5.88. The molecule has 2 aromatic rings. The second-order valence-corrected chi connectivity index (χ2v) is 5.54. The van der Waals surface area contributed by atoms with Gasteiger partial charge in [-0.2, -0.15) is 0 Å². The summed E-state index contributed by atoms with van der Waals surface area (Å²) >= 11 is 0. The number of carbonyl (C=O) groups is 2. The van der Waals surface area contributed by atoms with Gasteiger partial charge in [0.05, 0.1) is 5.69 Å². The van der Waals surface area contributed by atoms with E-state index in [0.29, 0.717) is 22.5 Å². The van der Waals surface area contributed by atoms with Crippen molar-refractivity contribution in [1.82, 2.24) is 4.98 Å². The van der Waals surface area contributed by atoms with Crippen molar-refractivity contribution in [2.75, 3.05) is 18.6 Å². The third-order valence-electron chi connectivity index (χ3n) is 4.18. The first-order valence-corrected chi connectivity index (χ1v) is 7.29. The molecule has 6 nitrogen and oxygen atoms in total. The van der Waals surface area contributed by atoms with Crippen molar-refractivity contribution < 1.29 is 18.7 Å². The molecule has 1 aliphatic heterocycles. The van der Waals surface area contributed by atoms with Crippen LogP contribution in [0.4, 0.5) is 10.1 Å². The number of hydrogen-bond acceptors (Lipinski definition) is 4. The lowest BCUT2D eigenvalue weighted by molar-refractivity contribution is -0.136. The highest BCUT2D eigenvalue weighted by Gasteiger charge is 2.54. The number of carbonyl (C=O) groups excluding carboxylic acids is 2. The average Bonchev–Trinajstić information content (AvgIpc) is 2.79. The number of aromatic nitrogens is 1. The van der Waals surface area contributed by atoms with Gasteiger partial charge in [0.2, 0.25) is 11.5 Å². The van der Waals surface area contributed by atoms with Crippen LogP contribution in [0.5, 0.6) is 0 Å². The second kappa shape index (κ2) is 5.68. The van der Waals surface area contributed by atoms with Crippen molar-refractivity contribution in [1.29, 1.82) is 0 Å². The number of rotatable bonds is 4. The SMILES string of the molecule is CO[C@]1(c2ccc(F)cc2)C(=O)N(CC(N)=O)c2ccnc(C)c21. The van der Waals surface area contributed by atoms with E-state index < -0.39 is 23.2 Å². The van der Waals surface area contributed by atoms with Gasteiger partial charge in [0.25, 0.3) is 5.91 Å². The van der Waals surface area contributed by atoms with E-state index in [2.05, 4.69) is 4.98 Å². The number of nitrogens with zero attached hydrogens (tertiary/aromatic N) is 2. The van der Waals surface area contributed by atoms with Gasteiger partial charge in [-0.1, -0.05) is 12.1 Å². The molecule has 1 atom stereocenters. The van der Waals surface area contributed by atoms with Gasteiger partial charge in [0.1, 0.15) is 12.4 Å². The summed E-state index contributed by atoms with van der Waals surface area (Å²) < 4.78 is 19.0. The Morgan fingerprint density at radius 3 is 2.58 bits per heavy atom. The molecule has 3 rings (SSSR count). The number of methoxy groups -OCH3 is 1. The molecule has 1 aromatic carbocycles. The van der Waals surface area contributed by atoms with Crippen molar-refractivity contribution in [3.8, 4) is 0 Å². The normalized spacial score (nSPS) is 19.5. The van der Waals surface area contributed by atoms with Gasteiger partial charge >= 0.3 is 0 Å². The minimum absolute atomic E-state index is 0.276. The van der Waals surface area contributed by atoms with Crippen LogP contribution in [0.2, 0.25) is 0 Å². The number of pyridine rings is 1. The number of fused-ring (bicyclic) bond motifs is 1. The summed E-state index contributed by atoms with van der Waals surface area (Å²) in [5.74, 6) is -1.52. The van der Waals surface area contributed by atoms with Crippen LogP contribution in [0.25, 0.3) is 0 Å². The molecular weight excluding hydrogens is 313 g/mol. The number of anilines is 1. The van der Waals surface area contributed by atoms with Gasteiger partial charge in [-0.25, -0.2) is 4.39 Å². The standard InChI is InChI=1S/C17H16FN3O3/c1-10-15-13(7-8-20-10)21(9-14(19)22)16(23)17(15,24-2)11-3-5-12(18)6-4-11/h3-8H,9H2,1-2H3,(H2,19,22)/t17-/m0/s1. The monoisotopic (exact) mass is 329 g/mol. The van der Waals surface area contributed by atoms with Crippen LogP contribution in [0.15, 0.2) is 36.5 Å². The summed E-state index contributed by atoms with van der Waals surface area (Å²) in [4.78, 5) is 30.1. The van der Waals surface area contributed by atoms with Crippen LogP contribution in [0.3, 0.4) is 0 Å². The predicted octanol–water partition coefficient (Wildman–Crippen LogP) is 1.25. The van der Waals surface area contributed by atoms with Gasteiger partial charge < -0.3 is 10.5 Å². The predicted molar refractivity (Wildman–Crippen MR) is 84.7 cm³/mol. The van der Waals surface area contributed by atoms with Crippen molar-refractivity contribution in [3.05, 3.63) is 59.2 Å². The van der Waals surface area contributed by atoms with E-state index >= 15 is 0 Å². The molecule has 124 valence electrons. The minimum atomic E-state index is -1.49. The molecule has 2 N–H and O–H groups in total. The van der Waals surface area contributed by atoms with E-state index in [9.17, 15) is 14.0 Å². The number of amides is 2. The maximum atomic E-state index is 13.3. The Morgan fingerprint density at radius 2 is 2.00 bits per heavy atom. The van der Waals surface area contributed by atoms with Gasteiger partial charge in [-0.3, -0.25) is 19.5 Å². The third kappa shape index (κ3) is 2.16. The zero-order valence-electron chi connectivity index (χ0n) is 13.2. The molecule has 1 aromatic heterocycles. The van der Waals surface area contributed by atoms with Crippen LogP contribution < -0.4 is 10.6 Å². The Bertz CT molecular complexity index is 822. The van der Waals surface area contributed by atoms with Crippen LogP contribution >= 0.6 is 0 Å².